The first-order chi connectivity index (χ1) is 18.2. The quantitative estimate of drug-likeness (QED) is 0.408. The van der Waals surface area contributed by atoms with Gasteiger partial charge in [0, 0.05) is 31.4 Å². The van der Waals surface area contributed by atoms with Crippen LogP contribution in [0.2, 0.25) is 0 Å². The largest absolute Gasteiger partial charge is 0.342 e. The molecule has 0 aromatic carbocycles. The Bertz CT molecular complexity index is 1390. The molecule has 1 fully saturated rings. The second-order valence-corrected chi connectivity index (χ2v) is 9.97. The van der Waals surface area contributed by atoms with Crippen molar-refractivity contribution in [2.75, 3.05) is 13.6 Å². The Hall–Kier alpha value is -4.06. The third kappa shape index (κ3) is 5.17. The molecule has 0 bridgehead atoms. The van der Waals surface area contributed by atoms with E-state index in [0.717, 1.165) is 5.52 Å². The molecule has 0 saturated carbocycles. The average Bonchev–Trinajstić information content (AvgIpc) is 3.61. The number of hydrazine groups is 2. The molecule has 10 nitrogen and oxygen atoms in total. The summed E-state index contributed by atoms with van der Waals surface area (Å²) in [4.78, 5) is 36.2. The molecule has 0 radical (unpaired) electrons. The van der Waals surface area contributed by atoms with E-state index >= 15 is 0 Å². The summed E-state index contributed by atoms with van der Waals surface area (Å²) in [6, 6.07) is 5.12. The first-order valence-corrected chi connectivity index (χ1v) is 12.5. The lowest BCUT2D eigenvalue weighted by molar-refractivity contribution is -0.138. The molecule has 1 saturated heterocycles. The highest BCUT2D eigenvalue weighted by atomic mass is 19.1. The molecule has 38 heavy (non-hydrogen) atoms. The average molecular weight is 525 g/mol. The molecule has 5 rings (SSSR count). The van der Waals surface area contributed by atoms with Crippen molar-refractivity contribution in [1.29, 1.82) is 0 Å². The second kappa shape index (κ2) is 10.4. The third-order valence-corrected chi connectivity index (χ3v) is 6.83. The van der Waals surface area contributed by atoms with Crippen molar-refractivity contribution in [2.45, 2.75) is 50.9 Å². The van der Waals surface area contributed by atoms with Gasteiger partial charge in [-0.1, -0.05) is 19.9 Å². The lowest BCUT2D eigenvalue weighted by atomic mass is 10.00. The van der Waals surface area contributed by atoms with Crippen molar-refractivity contribution >= 4 is 17.3 Å². The minimum Gasteiger partial charge on any atom is -0.342 e. The lowest BCUT2D eigenvalue weighted by Gasteiger charge is -2.27. The number of aromatic nitrogens is 3. The Balaban J connectivity index is 1.43. The highest BCUT2D eigenvalue weighted by molar-refractivity contribution is 5.89. The van der Waals surface area contributed by atoms with Crippen molar-refractivity contribution in [3.63, 3.8) is 0 Å². The normalized spacial score (nSPS) is 20.1. The van der Waals surface area contributed by atoms with Gasteiger partial charge in [-0.05, 0) is 29.7 Å². The topological polar surface area (TPSA) is 107 Å². The summed E-state index contributed by atoms with van der Waals surface area (Å²) < 4.78 is 31.2. The zero-order valence-corrected chi connectivity index (χ0v) is 21.4. The Morgan fingerprint density at radius 3 is 2.79 bits per heavy atom. The fourth-order valence-corrected chi connectivity index (χ4v) is 4.85. The molecule has 200 valence electrons. The van der Waals surface area contributed by atoms with E-state index in [9.17, 15) is 18.4 Å². The van der Waals surface area contributed by atoms with Crippen LogP contribution in [0.4, 0.5) is 8.78 Å². The molecule has 0 spiro atoms. The molecule has 3 aromatic rings. The molecule has 3 aromatic heterocycles. The van der Waals surface area contributed by atoms with Crippen LogP contribution in [0, 0.1) is 5.95 Å². The van der Waals surface area contributed by atoms with Crippen LogP contribution >= 0.6 is 0 Å². The Kier molecular flexibility index (Phi) is 6.98. The van der Waals surface area contributed by atoms with Crippen LogP contribution in [-0.4, -0.2) is 61.9 Å². The summed E-state index contributed by atoms with van der Waals surface area (Å²) in [5.74, 6) is -1.58. The van der Waals surface area contributed by atoms with Gasteiger partial charge in [0.15, 0.2) is 0 Å². The fourth-order valence-electron chi connectivity index (χ4n) is 4.85. The van der Waals surface area contributed by atoms with E-state index in [0.29, 0.717) is 22.5 Å². The van der Waals surface area contributed by atoms with Crippen molar-refractivity contribution < 1.29 is 18.4 Å². The highest BCUT2D eigenvalue weighted by Gasteiger charge is 2.41. The van der Waals surface area contributed by atoms with E-state index in [1.807, 2.05) is 19.9 Å². The molecule has 1 unspecified atom stereocenters. The summed E-state index contributed by atoms with van der Waals surface area (Å²) in [5, 5.41) is 4.57. The first kappa shape index (κ1) is 25.6. The number of alkyl halides is 1. The number of nitrogens with zero attached hydrogens (tertiary/aromatic N) is 5. The third-order valence-electron chi connectivity index (χ3n) is 6.83. The number of nitrogens with one attached hydrogen (secondary N) is 3. The minimum absolute atomic E-state index is 0.0153. The summed E-state index contributed by atoms with van der Waals surface area (Å²) in [5.41, 5.74) is 8.48. The molecule has 3 atom stereocenters. The van der Waals surface area contributed by atoms with Crippen LogP contribution in [0.15, 0.2) is 54.9 Å². The molecule has 12 heteroatoms. The summed E-state index contributed by atoms with van der Waals surface area (Å²) in [7, 11) is 1.76. The van der Waals surface area contributed by atoms with Gasteiger partial charge >= 0.3 is 0 Å². The number of hydrogen-bond acceptors (Lipinski definition) is 7. The fraction of sp³-hybridized carbons (Fsp3) is 0.385. The van der Waals surface area contributed by atoms with Crippen molar-refractivity contribution in [2.24, 2.45) is 0 Å². The van der Waals surface area contributed by atoms with E-state index in [1.165, 1.54) is 4.90 Å². The molecule has 2 aliphatic rings. The van der Waals surface area contributed by atoms with Crippen molar-refractivity contribution in [1.82, 2.24) is 40.6 Å². The number of fused-ring (bicyclic) bond motifs is 1. The van der Waals surface area contributed by atoms with Gasteiger partial charge in [-0.3, -0.25) is 14.6 Å². The smallest absolute Gasteiger partial charge is 0.243 e. The van der Waals surface area contributed by atoms with E-state index in [1.54, 1.807) is 59.6 Å². The van der Waals surface area contributed by atoms with Crippen LogP contribution in [0.1, 0.15) is 55.5 Å². The highest BCUT2D eigenvalue weighted by Crippen LogP contribution is 2.28. The van der Waals surface area contributed by atoms with Crippen LogP contribution in [0.5, 0.6) is 0 Å². The summed E-state index contributed by atoms with van der Waals surface area (Å²) in [6.45, 7) is 3.57. The molecular formula is C26H30F2N8O2. The number of amides is 2. The first-order valence-electron chi connectivity index (χ1n) is 12.5. The molecular weight excluding hydrogens is 494 g/mol. The lowest BCUT2D eigenvalue weighted by Crippen LogP contribution is -2.47. The monoisotopic (exact) mass is 524 g/mol. The van der Waals surface area contributed by atoms with Crippen molar-refractivity contribution in [3.8, 4) is 0 Å². The summed E-state index contributed by atoms with van der Waals surface area (Å²) >= 11 is 0. The number of likely N-dealkylation sites (tertiary alicyclic amines) is 1. The van der Waals surface area contributed by atoms with Gasteiger partial charge in [-0.15, -0.1) is 5.53 Å². The number of rotatable bonds is 7. The standard InChI is InChI=1S/C26H30F2N8O2/c1-15(2)20-4-5-21(30-25(20)28)24(16-6-7-35-14-29-11-19(35)8-16)31-26(38)22-9-17(27)12-36(22)23(37)10-18-13-34(3)33-32-18/h4-8,11,13-15,17,22,24,32-33H,9-10,12H2,1-3H3,(H,31,38)/t17-,22+,24?/m1/s1. The number of carbonyl (C=O) groups excluding carboxylic acids is 2. The van der Waals surface area contributed by atoms with Gasteiger partial charge in [0.2, 0.25) is 17.8 Å². The number of imidazole rings is 1. The number of hydrogen-bond donors (Lipinski definition) is 3. The van der Waals surface area contributed by atoms with E-state index in [2.05, 4.69) is 26.2 Å². The van der Waals surface area contributed by atoms with Gasteiger partial charge in [-0.25, -0.2) is 14.4 Å². The van der Waals surface area contributed by atoms with Gasteiger partial charge < -0.3 is 20.0 Å². The number of carbonyl (C=O) groups is 2. The van der Waals surface area contributed by atoms with Crippen LogP contribution in [0.3, 0.4) is 0 Å². The zero-order valence-electron chi connectivity index (χ0n) is 21.4. The second-order valence-electron chi connectivity index (χ2n) is 9.97. The molecule has 3 N–H and O–H groups in total. The van der Waals surface area contributed by atoms with Crippen LogP contribution in [0.25, 0.3) is 5.52 Å². The Morgan fingerprint density at radius 1 is 1.26 bits per heavy atom. The maximum atomic E-state index is 14.9. The predicted octanol–water partition coefficient (Wildman–Crippen LogP) is 2.32. The SMILES string of the molecule is CC(C)c1ccc(C(NC(=O)[C@@H]2C[C@@H](F)CN2C(=O)CC2=CN(C)NN2)c2ccn3cncc3c2)nc1F. The number of halogens is 2. The Morgan fingerprint density at radius 2 is 2.08 bits per heavy atom. The van der Waals surface area contributed by atoms with Gasteiger partial charge in [0.1, 0.15) is 12.2 Å². The molecule has 2 amide bonds. The van der Waals surface area contributed by atoms with Gasteiger partial charge in [0.25, 0.3) is 0 Å². The molecule has 0 aliphatic carbocycles. The molecule has 5 heterocycles. The van der Waals surface area contributed by atoms with E-state index < -0.39 is 30.1 Å². The zero-order chi connectivity index (χ0) is 27.0. The van der Waals surface area contributed by atoms with Crippen LogP contribution in [-0.2, 0) is 9.59 Å². The number of pyridine rings is 2. The van der Waals surface area contributed by atoms with E-state index in [-0.39, 0.29) is 31.2 Å². The molecule has 2 aliphatic heterocycles. The summed E-state index contributed by atoms with van der Waals surface area (Å²) in [6.07, 6.45) is 5.34. The van der Waals surface area contributed by atoms with Gasteiger partial charge in [0.05, 0.1) is 48.4 Å². The van der Waals surface area contributed by atoms with Crippen LogP contribution < -0.4 is 16.3 Å². The van der Waals surface area contributed by atoms with Gasteiger partial charge in [-0.2, -0.15) is 4.39 Å². The maximum Gasteiger partial charge on any atom is 0.243 e. The van der Waals surface area contributed by atoms with Crippen molar-refractivity contribution in [3.05, 3.63) is 77.7 Å². The maximum absolute atomic E-state index is 14.9. The minimum atomic E-state index is -1.33. The van der Waals surface area contributed by atoms with E-state index in [4.69, 9.17) is 0 Å². The predicted molar refractivity (Wildman–Crippen MR) is 135 cm³/mol. The Labute approximate surface area is 218 Å².